The smallest absolute Gasteiger partial charge is 0.407 e. The Bertz CT molecular complexity index is 1310. The number of hydrogen-bond donors (Lipinski definition) is 6. The molecule has 250 valence electrons. The van der Waals surface area contributed by atoms with Crippen LogP contribution in [0.1, 0.15) is 58.4 Å². The van der Waals surface area contributed by atoms with E-state index in [0.717, 1.165) is 12.8 Å². The molecule has 1 aliphatic heterocycles. The number of carboxylic acids is 1. The molecule has 0 spiro atoms. The summed E-state index contributed by atoms with van der Waals surface area (Å²) < 4.78 is 5.19. The molecule has 1 aliphatic rings. The number of hydrogen-bond acceptors (Lipinski definition) is 9. The summed E-state index contributed by atoms with van der Waals surface area (Å²) in [6.07, 6.45) is 4.12. The second kappa shape index (κ2) is 18.5. The minimum absolute atomic E-state index is 0.0478. The second-order valence-electron chi connectivity index (χ2n) is 10.6. The van der Waals surface area contributed by atoms with E-state index < -0.39 is 60.2 Å². The monoisotopic (exact) mass is 644 g/mol. The quantitative estimate of drug-likeness (QED) is 0.0947. The molecule has 0 bridgehead atoms. The molecule has 0 saturated carbocycles. The van der Waals surface area contributed by atoms with E-state index in [2.05, 4.69) is 26.6 Å². The lowest BCUT2D eigenvalue weighted by molar-refractivity contribution is -0.140. The Labute approximate surface area is 265 Å². The van der Waals surface area contributed by atoms with Crippen LogP contribution in [0.5, 0.6) is 0 Å². The van der Waals surface area contributed by atoms with Crippen LogP contribution in [0.2, 0.25) is 0 Å². The van der Waals surface area contributed by atoms with E-state index in [-0.39, 0.29) is 18.4 Å². The zero-order chi connectivity index (χ0) is 34.2. The largest absolute Gasteiger partial charge is 0.481 e. The number of ether oxygens (including phenoxy) is 1. The second-order valence-corrected chi connectivity index (χ2v) is 10.6. The lowest BCUT2D eigenvalue weighted by Crippen LogP contribution is -2.54. The maximum Gasteiger partial charge on any atom is 0.407 e. The molecule has 6 N–H and O–H groups in total. The van der Waals surface area contributed by atoms with E-state index in [1.54, 1.807) is 12.1 Å². The number of carbonyl (C=O) groups excluding carboxylic acids is 7. The zero-order valence-corrected chi connectivity index (χ0v) is 25.9. The molecule has 2 rings (SSSR count). The molecule has 16 heteroatoms. The molecule has 0 radical (unpaired) electrons. The number of carbonyl (C=O) groups is 8. The number of benzene rings is 1. The van der Waals surface area contributed by atoms with Gasteiger partial charge in [0, 0.05) is 37.9 Å². The molecule has 3 unspecified atom stereocenters. The van der Waals surface area contributed by atoms with Gasteiger partial charge in [-0.2, -0.15) is 0 Å². The fraction of sp³-hybridized carbons (Fsp3) is 0.467. The highest BCUT2D eigenvalue weighted by atomic mass is 16.5. The number of nitrogens with one attached hydrogen (secondary N) is 5. The maximum absolute atomic E-state index is 12.8. The van der Waals surface area contributed by atoms with Crippen LogP contribution in [0.4, 0.5) is 10.5 Å². The molecule has 1 aromatic rings. The number of alkyl carbamates (subject to hydrolysis) is 1. The molecular weight excluding hydrogens is 604 g/mol. The molecule has 0 aromatic heterocycles. The first kappa shape index (κ1) is 36.9. The topological polar surface area (TPSA) is 229 Å². The van der Waals surface area contributed by atoms with Crippen LogP contribution in [0.25, 0.3) is 0 Å². The van der Waals surface area contributed by atoms with Gasteiger partial charge in [-0.25, -0.2) is 4.79 Å². The molecule has 3 atom stereocenters. The molecule has 46 heavy (non-hydrogen) atoms. The number of unbranched alkanes of at least 4 members (excludes halogenated alkanes) is 3. The summed E-state index contributed by atoms with van der Waals surface area (Å²) in [5.74, 6) is -4.63. The Balaban J connectivity index is 1.73. The van der Waals surface area contributed by atoms with E-state index in [1.807, 2.05) is 0 Å². The Morgan fingerprint density at radius 2 is 1.39 bits per heavy atom. The first-order valence-corrected chi connectivity index (χ1v) is 14.7. The SMILES string of the molecule is CC(=O)NC(C)C(=O)NC(C)C(=O)NC(CC(=O)O)C(=O)Nc1ccc(COC(=O)NCCCCCCN2C(=O)C=CC2=O)cc1. The van der Waals surface area contributed by atoms with Gasteiger partial charge in [0.1, 0.15) is 24.7 Å². The summed E-state index contributed by atoms with van der Waals surface area (Å²) in [5.41, 5.74) is 0.908. The molecule has 16 nitrogen and oxygen atoms in total. The van der Waals surface area contributed by atoms with Crippen molar-refractivity contribution in [3.8, 4) is 0 Å². The van der Waals surface area contributed by atoms with E-state index in [4.69, 9.17) is 4.74 Å². The summed E-state index contributed by atoms with van der Waals surface area (Å²) in [6.45, 7) is 4.71. The van der Waals surface area contributed by atoms with E-state index in [0.29, 0.717) is 37.2 Å². The Kier molecular flexibility index (Phi) is 14.9. The fourth-order valence-corrected chi connectivity index (χ4v) is 4.16. The molecule has 0 fully saturated rings. The van der Waals surface area contributed by atoms with Gasteiger partial charge in [-0.1, -0.05) is 25.0 Å². The molecule has 0 aliphatic carbocycles. The van der Waals surface area contributed by atoms with Gasteiger partial charge in [0.25, 0.3) is 11.8 Å². The summed E-state index contributed by atoms with van der Waals surface area (Å²) in [4.78, 5) is 96.2. The third-order valence-electron chi connectivity index (χ3n) is 6.65. The predicted molar refractivity (Wildman–Crippen MR) is 163 cm³/mol. The number of nitrogens with zero attached hydrogens (tertiary/aromatic N) is 1. The first-order chi connectivity index (χ1) is 21.8. The lowest BCUT2D eigenvalue weighted by atomic mass is 10.1. The molecule has 1 aromatic carbocycles. The van der Waals surface area contributed by atoms with E-state index >= 15 is 0 Å². The van der Waals surface area contributed by atoms with Crippen LogP contribution in [0.15, 0.2) is 36.4 Å². The van der Waals surface area contributed by atoms with E-state index in [9.17, 15) is 43.5 Å². The third kappa shape index (κ3) is 13.2. The zero-order valence-electron chi connectivity index (χ0n) is 25.9. The van der Waals surface area contributed by atoms with Gasteiger partial charge in [0.2, 0.25) is 23.6 Å². The molecule has 0 saturated heterocycles. The number of amides is 7. The van der Waals surface area contributed by atoms with Gasteiger partial charge in [-0.3, -0.25) is 38.5 Å². The summed E-state index contributed by atoms with van der Waals surface area (Å²) in [5, 5.41) is 21.5. The van der Waals surface area contributed by atoms with E-state index in [1.165, 1.54) is 50.0 Å². The highest BCUT2D eigenvalue weighted by molar-refractivity contribution is 6.12. The lowest BCUT2D eigenvalue weighted by Gasteiger charge is -2.21. The maximum atomic E-state index is 12.8. The van der Waals surface area contributed by atoms with Crippen LogP contribution in [-0.2, 0) is 44.9 Å². The van der Waals surface area contributed by atoms with Crippen molar-refractivity contribution in [2.75, 3.05) is 18.4 Å². The number of aliphatic carboxylic acids is 1. The van der Waals surface area contributed by atoms with Crippen molar-refractivity contribution in [1.29, 1.82) is 0 Å². The van der Waals surface area contributed by atoms with Gasteiger partial charge in [0.15, 0.2) is 0 Å². The van der Waals surface area contributed by atoms with Crippen LogP contribution >= 0.6 is 0 Å². The van der Waals surface area contributed by atoms with Gasteiger partial charge in [-0.15, -0.1) is 0 Å². The average molecular weight is 645 g/mol. The molecular formula is C30H40N6O10. The van der Waals surface area contributed by atoms with Gasteiger partial charge >= 0.3 is 12.1 Å². The van der Waals surface area contributed by atoms with Crippen molar-refractivity contribution in [2.24, 2.45) is 0 Å². The standard InChI is InChI=1S/C30H40N6O10/c1-18(32-20(3)37)27(42)33-19(2)28(43)35-23(16-26(40)41)29(44)34-22-10-8-21(9-11-22)17-46-30(45)31-14-6-4-5-7-15-36-24(38)12-13-25(36)39/h8-13,18-19,23H,4-7,14-17H2,1-3H3,(H,31,45)(H,32,37)(H,33,42)(H,34,44)(H,35,43)(H,40,41). The van der Waals surface area contributed by atoms with Crippen LogP contribution in [0.3, 0.4) is 0 Å². The Morgan fingerprint density at radius 1 is 0.804 bits per heavy atom. The van der Waals surface area contributed by atoms with Crippen molar-refractivity contribution in [3.63, 3.8) is 0 Å². The van der Waals surface area contributed by atoms with Crippen LogP contribution in [-0.4, -0.2) is 88.7 Å². The summed E-state index contributed by atoms with van der Waals surface area (Å²) in [6, 6.07) is 2.70. The fourth-order valence-electron chi connectivity index (χ4n) is 4.16. The highest BCUT2D eigenvalue weighted by Gasteiger charge is 2.27. The highest BCUT2D eigenvalue weighted by Crippen LogP contribution is 2.12. The third-order valence-corrected chi connectivity index (χ3v) is 6.65. The minimum Gasteiger partial charge on any atom is -0.481 e. The van der Waals surface area contributed by atoms with Gasteiger partial charge in [0.05, 0.1) is 6.42 Å². The number of imide groups is 1. The van der Waals surface area contributed by atoms with Crippen molar-refractivity contribution >= 4 is 53.2 Å². The number of rotatable bonds is 18. The molecule has 1 heterocycles. The van der Waals surface area contributed by atoms with Crippen LogP contribution in [0, 0.1) is 0 Å². The summed E-state index contributed by atoms with van der Waals surface area (Å²) in [7, 11) is 0. The Morgan fingerprint density at radius 3 is 2.00 bits per heavy atom. The normalized spacial score (nSPS) is 14.1. The van der Waals surface area contributed by atoms with Gasteiger partial charge < -0.3 is 36.4 Å². The average Bonchev–Trinajstić information content (AvgIpc) is 3.31. The number of anilines is 1. The molecule has 7 amide bonds. The van der Waals surface area contributed by atoms with Crippen molar-refractivity contribution in [3.05, 3.63) is 42.0 Å². The van der Waals surface area contributed by atoms with Crippen LogP contribution < -0.4 is 26.6 Å². The van der Waals surface area contributed by atoms with Crippen molar-refractivity contribution < 1.29 is 48.2 Å². The van der Waals surface area contributed by atoms with Gasteiger partial charge in [-0.05, 0) is 44.4 Å². The number of carboxylic acid groups (broad SMARTS) is 1. The predicted octanol–water partition coefficient (Wildman–Crippen LogP) is 0.326. The van der Waals surface area contributed by atoms with Crippen molar-refractivity contribution in [1.82, 2.24) is 26.2 Å². The summed E-state index contributed by atoms with van der Waals surface area (Å²) >= 11 is 0. The van der Waals surface area contributed by atoms with Crippen molar-refractivity contribution in [2.45, 2.75) is 77.6 Å². The first-order valence-electron chi connectivity index (χ1n) is 14.7. The Hall–Kier alpha value is -5.28. The minimum atomic E-state index is -1.46.